The van der Waals surface area contributed by atoms with Gasteiger partial charge in [-0.3, -0.25) is 14.3 Å². The molecule has 0 bridgehead atoms. The lowest BCUT2D eigenvalue weighted by molar-refractivity contribution is -0.123. The molecular weight excluding hydrogens is 342 g/mol. The molecule has 2 aliphatic rings. The first-order valence-electron chi connectivity index (χ1n) is 9.55. The number of fused-ring (bicyclic) bond motifs is 1. The maximum atomic E-state index is 12.7. The molecule has 2 heterocycles. The summed E-state index contributed by atoms with van der Waals surface area (Å²) in [6.45, 7) is 1.46. The first-order valence-corrected chi connectivity index (χ1v) is 9.55. The van der Waals surface area contributed by atoms with Gasteiger partial charge in [-0.2, -0.15) is 5.10 Å². The molecule has 1 aliphatic carbocycles. The molecule has 0 spiro atoms. The fraction of sp³-hybridized carbons (Fsp3) is 0.450. The van der Waals surface area contributed by atoms with Gasteiger partial charge < -0.3 is 16.4 Å². The van der Waals surface area contributed by atoms with Gasteiger partial charge in [0.25, 0.3) is 5.91 Å². The normalized spacial score (nSPS) is 19.9. The number of hydrogen-bond acceptors (Lipinski definition) is 4. The lowest BCUT2D eigenvalue weighted by atomic mass is 9.93. The molecule has 7 heteroatoms. The third-order valence-electron chi connectivity index (χ3n) is 5.37. The van der Waals surface area contributed by atoms with Crippen LogP contribution in [0.1, 0.15) is 46.9 Å². The first kappa shape index (κ1) is 17.7. The summed E-state index contributed by atoms with van der Waals surface area (Å²) in [5.74, 6) is -0.0783. The average Bonchev–Trinajstić information content (AvgIpc) is 3.38. The molecule has 4 N–H and O–H groups in total. The number of aromatic nitrogens is 2. The van der Waals surface area contributed by atoms with Crippen LogP contribution in [-0.4, -0.2) is 34.2 Å². The van der Waals surface area contributed by atoms with Gasteiger partial charge in [0.1, 0.15) is 6.04 Å². The Hall–Kier alpha value is -2.67. The van der Waals surface area contributed by atoms with Crippen molar-refractivity contribution in [2.75, 3.05) is 6.54 Å². The van der Waals surface area contributed by atoms with Gasteiger partial charge in [0.2, 0.25) is 5.91 Å². The van der Waals surface area contributed by atoms with Crippen molar-refractivity contribution in [3.63, 3.8) is 0 Å². The minimum atomic E-state index is -0.434. The van der Waals surface area contributed by atoms with Crippen LogP contribution in [0.3, 0.4) is 0 Å². The molecule has 1 aromatic heterocycles. The maximum Gasteiger partial charge on any atom is 0.252 e. The van der Waals surface area contributed by atoms with Crippen molar-refractivity contribution >= 4 is 11.8 Å². The number of primary amides is 1. The molecule has 0 saturated heterocycles. The largest absolute Gasteiger partial charge is 0.365 e. The Labute approximate surface area is 158 Å². The Morgan fingerprint density at radius 2 is 2.00 bits per heavy atom. The number of nitrogens with zero attached hydrogens (tertiary/aromatic N) is 2. The zero-order valence-corrected chi connectivity index (χ0v) is 15.2. The summed E-state index contributed by atoms with van der Waals surface area (Å²) in [7, 11) is 0. The van der Waals surface area contributed by atoms with E-state index < -0.39 is 5.91 Å². The van der Waals surface area contributed by atoms with Gasteiger partial charge in [-0.15, -0.1) is 0 Å². The lowest BCUT2D eigenvalue weighted by Crippen LogP contribution is -2.41. The van der Waals surface area contributed by atoms with Gasteiger partial charge in [-0.25, -0.2) is 0 Å². The van der Waals surface area contributed by atoms with Gasteiger partial charge in [-0.1, -0.05) is 30.3 Å². The van der Waals surface area contributed by atoms with Crippen LogP contribution in [0.5, 0.6) is 0 Å². The highest BCUT2D eigenvalue weighted by Gasteiger charge is 2.30. The standard InChI is InChI=1S/C20H25N5O2/c21-19(26)16-12-23-25-9-8-13(10-17(16)25)11-22-18(14-4-2-1-3-5-14)20(27)24-15-6-7-15/h1-5,12-13,15,18,22H,6-11H2,(H2,21,26)(H,24,27)/t13-,18-/m0/s1. The molecule has 0 unspecified atom stereocenters. The predicted molar refractivity (Wildman–Crippen MR) is 101 cm³/mol. The van der Waals surface area contributed by atoms with E-state index in [9.17, 15) is 9.59 Å². The Morgan fingerprint density at radius 1 is 1.22 bits per heavy atom. The van der Waals surface area contributed by atoms with E-state index in [4.69, 9.17) is 5.73 Å². The van der Waals surface area contributed by atoms with Gasteiger partial charge in [-0.05, 0) is 43.7 Å². The van der Waals surface area contributed by atoms with Crippen LogP contribution >= 0.6 is 0 Å². The van der Waals surface area contributed by atoms with Crippen molar-refractivity contribution in [3.05, 3.63) is 53.3 Å². The van der Waals surface area contributed by atoms with Crippen molar-refractivity contribution in [1.82, 2.24) is 20.4 Å². The second kappa shape index (κ2) is 7.52. The lowest BCUT2D eigenvalue weighted by Gasteiger charge is -2.27. The molecular formula is C20H25N5O2. The van der Waals surface area contributed by atoms with Gasteiger partial charge >= 0.3 is 0 Å². The van der Waals surface area contributed by atoms with Crippen molar-refractivity contribution < 1.29 is 9.59 Å². The fourth-order valence-electron chi connectivity index (χ4n) is 3.68. The number of nitrogens with two attached hydrogens (primary N) is 1. The highest BCUT2D eigenvalue weighted by Crippen LogP contribution is 2.24. The molecule has 1 aromatic carbocycles. The van der Waals surface area contributed by atoms with Crippen LogP contribution in [0.15, 0.2) is 36.5 Å². The molecule has 4 rings (SSSR count). The third-order valence-corrected chi connectivity index (χ3v) is 5.37. The SMILES string of the molecule is NC(=O)c1cnn2c1C[C@@H](CN[C@H](C(=O)NC1CC1)c1ccccc1)CC2. The third kappa shape index (κ3) is 4.03. The van der Waals surface area contributed by atoms with Crippen LogP contribution in [-0.2, 0) is 17.8 Å². The zero-order valence-electron chi connectivity index (χ0n) is 15.2. The number of rotatable bonds is 7. The molecule has 2 aromatic rings. The van der Waals surface area contributed by atoms with Gasteiger partial charge in [0.15, 0.2) is 0 Å². The van der Waals surface area contributed by atoms with Crippen molar-refractivity contribution in [2.24, 2.45) is 11.7 Å². The quantitative estimate of drug-likeness (QED) is 0.683. The highest BCUT2D eigenvalue weighted by atomic mass is 16.2. The van der Waals surface area contributed by atoms with Crippen LogP contribution in [0, 0.1) is 5.92 Å². The van der Waals surface area contributed by atoms with E-state index in [2.05, 4.69) is 15.7 Å². The summed E-state index contributed by atoms with van der Waals surface area (Å²) >= 11 is 0. The molecule has 1 aliphatic heterocycles. The van der Waals surface area contributed by atoms with Crippen LogP contribution in [0.25, 0.3) is 0 Å². The predicted octanol–water partition coefficient (Wildman–Crippen LogP) is 1.15. The van der Waals surface area contributed by atoms with Crippen molar-refractivity contribution in [1.29, 1.82) is 0 Å². The van der Waals surface area contributed by atoms with Crippen LogP contribution in [0.2, 0.25) is 0 Å². The first-order chi connectivity index (χ1) is 13.1. The smallest absolute Gasteiger partial charge is 0.252 e. The summed E-state index contributed by atoms with van der Waals surface area (Å²) in [6, 6.07) is 9.77. The van der Waals surface area contributed by atoms with Gasteiger partial charge in [0.05, 0.1) is 17.5 Å². The molecule has 2 amide bonds. The molecule has 142 valence electrons. The van der Waals surface area contributed by atoms with E-state index in [1.807, 2.05) is 35.0 Å². The van der Waals surface area contributed by atoms with E-state index in [1.165, 1.54) is 0 Å². The average molecular weight is 367 g/mol. The summed E-state index contributed by atoms with van der Waals surface area (Å²) in [5.41, 5.74) is 7.83. The number of carbonyl (C=O) groups is 2. The van der Waals surface area contributed by atoms with E-state index in [0.717, 1.165) is 43.5 Å². The minimum absolute atomic E-state index is 0.0300. The van der Waals surface area contributed by atoms with E-state index in [0.29, 0.717) is 24.1 Å². The molecule has 0 radical (unpaired) electrons. The van der Waals surface area contributed by atoms with Crippen molar-refractivity contribution in [2.45, 2.75) is 44.3 Å². The topological polar surface area (TPSA) is 102 Å². The molecule has 2 atom stereocenters. The number of nitrogens with one attached hydrogen (secondary N) is 2. The fourth-order valence-corrected chi connectivity index (χ4v) is 3.68. The molecule has 27 heavy (non-hydrogen) atoms. The Kier molecular flexibility index (Phi) is 4.94. The number of carbonyl (C=O) groups excluding carboxylic acids is 2. The van der Waals surface area contributed by atoms with Crippen LogP contribution in [0.4, 0.5) is 0 Å². The van der Waals surface area contributed by atoms with E-state index >= 15 is 0 Å². The number of benzene rings is 1. The Balaban J connectivity index is 1.43. The summed E-state index contributed by atoms with van der Waals surface area (Å²) < 4.78 is 1.87. The second-order valence-electron chi connectivity index (χ2n) is 7.49. The summed E-state index contributed by atoms with van der Waals surface area (Å²) in [4.78, 5) is 24.3. The van der Waals surface area contributed by atoms with Crippen molar-refractivity contribution in [3.8, 4) is 0 Å². The summed E-state index contributed by atoms with van der Waals surface area (Å²) in [5, 5.41) is 10.8. The second-order valence-corrected chi connectivity index (χ2v) is 7.49. The van der Waals surface area contributed by atoms with E-state index in [-0.39, 0.29) is 11.9 Å². The molecule has 1 fully saturated rings. The Morgan fingerprint density at radius 3 is 2.70 bits per heavy atom. The minimum Gasteiger partial charge on any atom is -0.365 e. The van der Waals surface area contributed by atoms with E-state index in [1.54, 1.807) is 6.20 Å². The summed E-state index contributed by atoms with van der Waals surface area (Å²) in [6.07, 6.45) is 5.37. The molecule has 1 saturated carbocycles. The number of aryl methyl sites for hydroxylation is 1. The van der Waals surface area contributed by atoms with Crippen LogP contribution < -0.4 is 16.4 Å². The zero-order chi connectivity index (χ0) is 18.8. The number of hydrogen-bond donors (Lipinski definition) is 3. The Bertz CT molecular complexity index is 828. The number of amides is 2. The molecule has 7 nitrogen and oxygen atoms in total. The maximum absolute atomic E-state index is 12.7. The monoisotopic (exact) mass is 367 g/mol. The van der Waals surface area contributed by atoms with Gasteiger partial charge in [0, 0.05) is 12.6 Å². The highest BCUT2D eigenvalue weighted by molar-refractivity contribution is 5.93.